The number of hydrogen-bond acceptors (Lipinski definition) is 1. The Morgan fingerprint density at radius 1 is 0.826 bits per heavy atom. The Balaban J connectivity index is 1.63. The van der Waals surface area contributed by atoms with Crippen LogP contribution in [0, 0.1) is 34.5 Å². The number of rotatable bonds is 0. The van der Waals surface area contributed by atoms with Crippen molar-refractivity contribution in [3.63, 3.8) is 0 Å². The van der Waals surface area contributed by atoms with Crippen LogP contribution in [0.25, 0.3) is 0 Å². The molecule has 0 unspecified atom stereocenters. The maximum Gasteiger partial charge on any atom is 0.248 e. The van der Waals surface area contributed by atoms with Gasteiger partial charge in [0.15, 0.2) is 0 Å². The molecule has 0 aromatic carbocycles. The number of fused-ring (bicyclic) bond motifs is 5. The van der Waals surface area contributed by atoms with Gasteiger partial charge >= 0.3 is 0 Å². The Labute approximate surface area is 139 Å². The van der Waals surface area contributed by atoms with Crippen LogP contribution in [0.1, 0.15) is 78.6 Å². The summed E-state index contributed by atoms with van der Waals surface area (Å²) in [5.74, 6) is -0.382. The van der Waals surface area contributed by atoms with Gasteiger partial charge in [0.25, 0.3) is 0 Å². The van der Waals surface area contributed by atoms with Crippen molar-refractivity contribution in [2.24, 2.45) is 34.5 Å². The first-order valence-electron chi connectivity index (χ1n) is 9.69. The summed E-state index contributed by atoms with van der Waals surface area (Å²) in [6, 6.07) is 0. The average Bonchev–Trinajstić information content (AvgIpc) is 2.70. The molecule has 7 atom stereocenters. The molecule has 0 bridgehead atoms. The number of hydrogen-bond donors (Lipinski definition) is 1. The fraction of sp³-hybridized carbons (Fsp3) is 1.00. The van der Waals surface area contributed by atoms with Gasteiger partial charge in [-0.05, 0) is 86.4 Å². The number of halogens is 2. The Morgan fingerprint density at radius 2 is 1.52 bits per heavy atom. The molecule has 1 nitrogen and oxygen atoms in total. The van der Waals surface area contributed by atoms with Crippen LogP contribution < -0.4 is 0 Å². The van der Waals surface area contributed by atoms with Crippen molar-refractivity contribution in [2.45, 2.75) is 90.1 Å². The second kappa shape index (κ2) is 4.71. The number of alkyl halides is 2. The Kier molecular flexibility index (Phi) is 3.34. The lowest BCUT2D eigenvalue weighted by Crippen LogP contribution is -2.56. The van der Waals surface area contributed by atoms with E-state index in [4.69, 9.17) is 0 Å². The van der Waals surface area contributed by atoms with E-state index in [1.165, 1.54) is 0 Å². The van der Waals surface area contributed by atoms with Gasteiger partial charge in [0.1, 0.15) is 0 Å². The van der Waals surface area contributed by atoms with Crippen molar-refractivity contribution in [1.82, 2.24) is 0 Å². The van der Waals surface area contributed by atoms with E-state index in [1.807, 2.05) is 6.92 Å². The molecule has 4 rings (SSSR count). The van der Waals surface area contributed by atoms with Crippen LogP contribution >= 0.6 is 0 Å². The van der Waals surface area contributed by atoms with E-state index in [-0.39, 0.29) is 29.6 Å². The zero-order valence-corrected chi connectivity index (χ0v) is 14.9. The van der Waals surface area contributed by atoms with E-state index in [9.17, 15) is 13.9 Å². The predicted octanol–water partition coefficient (Wildman–Crippen LogP) is 5.42. The molecule has 132 valence electrons. The molecule has 0 radical (unpaired) electrons. The van der Waals surface area contributed by atoms with Crippen LogP contribution in [0.3, 0.4) is 0 Å². The molecule has 0 aromatic heterocycles. The second-order valence-corrected chi connectivity index (χ2v) is 9.99. The Hall–Kier alpha value is -0.180. The monoisotopic (exact) mass is 326 g/mol. The highest BCUT2D eigenvalue weighted by Crippen LogP contribution is 2.68. The minimum atomic E-state index is -2.43. The average molecular weight is 326 g/mol. The second-order valence-electron chi connectivity index (χ2n) is 9.99. The molecule has 0 amide bonds. The molecule has 0 aromatic rings. The molecule has 23 heavy (non-hydrogen) atoms. The molecule has 0 spiro atoms. The van der Waals surface area contributed by atoms with Crippen molar-refractivity contribution in [1.29, 1.82) is 0 Å². The van der Waals surface area contributed by atoms with Gasteiger partial charge in [0.05, 0.1) is 5.60 Å². The summed E-state index contributed by atoms with van der Waals surface area (Å²) < 4.78 is 27.8. The van der Waals surface area contributed by atoms with Gasteiger partial charge in [-0.25, -0.2) is 8.78 Å². The van der Waals surface area contributed by atoms with Gasteiger partial charge in [-0.2, -0.15) is 0 Å². The maximum absolute atomic E-state index is 13.9. The van der Waals surface area contributed by atoms with Gasteiger partial charge in [-0.1, -0.05) is 13.8 Å². The minimum Gasteiger partial charge on any atom is -0.390 e. The first-order valence-corrected chi connectivity index (χ1v) is 9.69. The quantitative estimate of drug-likeness (QED) is 0.630. The van der Waals surface area contributed by atoms with Crippen LogP contribution in [0.4, 0.5) is 8.78 Å². The van der Waals surface area contributed by atoms with Crippen LogP contribution in [0.2, 0.25) is 0 Å². The van der Waals surface area contributed by atoms with E-state index < -0.39 is 11.5 Å². The first-order chi connectivity index (χ1) is 10.6. The molecule has 4 fully saturated rings. The summed E-state index contributed by atoms with van der Waals surface area (Å²) in [7, 11) is 0. The fourth-order valence-corrected chi connectivity index (χ4v) is 7.42. The van der Waals surface area contributed by atoms with E-state index in [0.29, 0.717) is 24.2 Å². The Bertz CT molecular complexity index is 502. The maximum atomic E-state index is 13.9. The lowest BCUT2D eigenvalue weighted by Gasteiger charge is -2.61. The molecular formula is C20H32F2O. The third-order valence-electron chi connectivity index (χ3n) is 9.20. The molecule has 4 aliphatic rings. The molecule has 4 saturated carbocycles. The molecular weight excluding hydrogens is 294 g/mol. The molecule has 3 heteroatoms. The van der Waals surface area contributed by atoms with Crippen LogP contribution in [-0.2, 0) is 0 Å². The topological polar surface area (TPSA) is 20.2 Å². The Morgan fingerprint density at radius 3 is 2.26 bits per heavy atom. The highest BCUT2D eigenvalue weighted by Gasteiger charge is 2.64. The highest BCUT2D eigenvalue weighted by molar-refractivity contribution is 5.13. The largest absolute Gasteiger partial charge is 0.390 e. The van der Waals surface area contributed by atoms with E-state index >= 15 is 0 Å². The molecule has 0 heterocycles. The zero-order valence-electron chi connectivity index (χ0n) is 14.9. The third kappa shape index (κ3) is 2.10. The van der Waals surface area contributed by atoms with Gasteiger partial charge in [-0.3, -0.25) is 0 Å². The van der Waals surface area contributed by atoms with Crippen molar-refractivity contribution < 1.29 is 13.9 Å². The molecule has 4 aliphatic carbocycles. The number of aliphatic hydroxyl groups is 1. The van der Waals surface area contributed by atoms with Crippen LogP contribution in [0.15, 0.2) is 0 Å². The zero-order chi connectivity index (χ0) is 16.7. The van der Waals surface area contributed by atoms with Gasteiger partial charge in [-0.15, -0.1) is 0 Å². The van der Waals surface area contributed by atoms with Crippen LogP contribution in [0.5, 0.6) is 0 Å². The highest BCUT2D eigenvalue weighted by atomic mass is 19.3. The third-order valence-corrected chi connectivity index (χ3v) is 9.20. The van der Waals surface area contributed by atoms with E-state index in [2.05, 4.69) is 13.8 Å². The van der Waals surface area contributed by atoms with Crippen molar-refractivity contribution >= 4 is 0 Å². The first kappa shape index (κ1) is 16.3. The fourth-order valence-electron chi connectivity index (χ4n) is 7.42. The molecule has 0 aliphatic heterocycles. The van der Waals surface area contributed by atoms with E-state index in [0.717, 1.165) is 38.5 Å². The summed E-state index contributed by atoms with van der Waals surface area (Å²) >= 11 is 0. The summed E-state index contributed by atoms with van der Waals surface area (Å²) in [4.78, 5) is 0. The van der Waals surface area contributed by atoms with Crippen LogP contribution in [-0.4, -0.2) is 16.6 Å². The van der Waals surface area contributed by atoms with Crippen molar-refractivity contribution in [2.75, 3.05) is 0 Å². The lowest BCUT2D eigenvalue weighted by molar-refractivity contribution is -0.176. The summed E-state index contributed by atoms with van der Waals surface area (Å²) in [6.07, 6.45) is 7.23. The summed E-state index contributed by atoms with van der Waals surface area (Å²) in [6.45, 7) is 6.64. The van der Waals surface area contributed by atoms with Crippen molar-refractivity contribution in [3.05, 3.63) is 0 Å². The van der Waals surface area contributed by atoms with Crippen molar-refractivity contribution in [3.8, 4) is 0 Å². The predicted molar refractivity (Wildman–Crippen MR) is 87.3 cm³/mol. The SMILES string of the molecule is C[C@]12CCC(F)(F)C[C@@H]1CC[C@@H]1[C@@H]2CC[C@@]2(C)[C@H]1CC[C@]2(C)O. The minimum absolute atomic E-state index is 0.0377. The standard InChI is InChI=1S/C20H32F2O/c1-17-10-11-20(21,22)12-13(17)4-5-14-15(17)6-8-18(2)16(14)7-9-19(18,3)23/h13-16,23H,4-12H2,1-3H3/t13-,14+,15-,16-,17-,18-,19-/m0/s1. The smallest absolute Gasteiger partial charge is 0.248 e. The van der Waals surface area contributed by atoms with E-state index in [1.54, 1.807) is 0 Å². The normalized spacial score (nSPS) is 58.2. The molecule has 1 N–H and O–H groups in total. The summed E-state index contributed by atoms with van der Waals surface area (Å²) in [5, 5.41) is 10.9. The molecule has 0 saturated heterocycles. The van der Waals surface area contributed by atoms with Gasteiger partial charge < -0.3 is 5.11 Å². The summed E-state index contributed by atoms with van der Waals surface area (Å²) in [5.41, 5.74) is -0.393. The van der Waals surface area contributed by atoms with Gasteiger partial charge in [0, 0.05) is 12.8 Å². The lowest BCUT2D eigenvalue weighted by atomic mass is 9.44. The van der Waals surface area contributed by atoms with Gasteiger partial charge in [0.2, 0.25) is 5.92 Å².